The molecular weight excluding hydrogens is 342 g/mol. The van der Waals surface area contributed by atoms with Crippen molar-refractivity contribution in [1.82, 2.24) is 10.2 Å². The number of fused-ring (bicyclic) bond motifs is 1. The molecule has 26 heavy (non-hydrogen) atoms. The second-order valence-electron chi connectivity index (χ2n) is 7.38. The summed E-state index contributed by atoms with van der Waals surface area (Å²) in [7, 11) is 2.16. The van der Waals surface area contributed by atoms with Gasteiger partial charge in [-0.1, -0.05) is 18.2 Å². The van der Waals surface area contributed by atoms with Crippen molar-refractivity contribution in [3.63, 3.8) is 0 Å². The van der Waals surface area contributed by atoms with Crippen LogP contribution in [-0.4, -0.2) is 44.0 Å². The lowest BCUT2D eigenvalue weighted by atomic mass is 10.0. The Kier molecular flexibility index (Phi) is 5.27. The summed E-state index contributed by atoms with van der Waals surface area (Å²) in [5.74, 6) is 0.123. The maximum Gasteiger partial charge on any atom is 0.225 e. The zero-order chi connectivity index (χ0) is 17.9. The van der Waals surface area contributed by atoms with Gasteiger partial charge in [-0.25, -0.2) is 0 Å². The molecule has 1 unspecified atom stereocenters. The van der Waals surface area contributed by atoms with Crippen molar-refractivity contribution < 1.29 is 4.79 Å². The smallest absolute Gasteiger partial charge is 0.225 e. The van der Waals surface area contributed by atoms with E-state index in [9.17, 15) is 4.79 Å². The largest absolute Gasteiger partial charge is 0.374 e. The Hall–Kier alpha value is -1.85. The predicted molar refractivity (Wildman–Crippen MR) is 108 cm³/mol. The highest BCUT2D eigenvalue weighted by Crippen LogP contribution is 2.32. The van der Waals surface area contributed by atoms with Crippen LogP contribution in [0.15, 0.2) is 35.7 Å². The fourth-order valence-corrected chi connectivity index (χ4v) is 4.85. The molecule has 0 spiro atoms. The molecule has 1 N–H and O–H groups in total. The molecule has 4 rings (SSSR count). The molecule has 138 valence electrons. The van der Waals surface area contributed by atoms with E-state index in [0.29, 0.717) is 13.0 Å². The van der Waals surface area contributed by atoms with Gasteiger partial charge in [0.25, 0.3) is 0 Å². The summed E-state index contributed by atoms with van der Waals surface area (Å²) in [6.45, 7) is 4.05. The Morgan fingerprint density at radius 2 is 2.08 bits per heavy atom. The number of benzene rings is 1. The molecule has 1 fully saturated rings. The molecule has 3 heterocycles. The number of carbonyl (C=O) groups excluding carboxylic acids is 1. The van der Waals surface area contributed by atoms with Gasteiger partial charge in [0.1, 0.15) is 0 Å². The third-order valence-electron chi connectivity index (χ3n) is 5.61. The van der Waals surface area contributed by atoms with Crippen LogP contribution in [0.4, 0.5) is 5.69 Å². The molecule has 0 aliphatic carbocycles. The monoisotopic (exact) mass is 369 g/mol. The Balaban J connectivity index is 1.47. The van der Waals surface area contributed by atoms with Crippen LogP contribution in [0.1, 0.15) is 34.9 Å². The van der Waals surface area contributed by atoms with E-state index in [4.69, 9.17) is 0 Å². The second kappa shape index (κ2) is 7.80. The highest BCUT2D eigenvalue weighted by atomic mass is 32.1. The highest BCUT2D eigenvalue weighted by molar-refractivity contribution is 7.10. The number of thiophene rings is 1. The summed E-state index contributed by atoms with van der Waals surface area (Å²) in [4.78, 5) is 18.3. The average molecular weight is 370 g/mol. The lowest BCUT2D eigenvalue weighted by Crippen LogP contribution is -2.37. The van der Waals surface area contributed by atoms with Crippen LogP contribution in [0.25, 0.3) is 0 Å². The van der Waals surface area contributed by atoms with Crippen molar-refractivity contribution in [2.75, 3.05) is 38.1 Å². The van der Waals surface area contributed by atoms with Crippen LogP contribution in [0, 0.1) is 0 Å². The van der Waals surface area contributed by atoms with Crippen LogP contribution < -0.4 is 10.2 Å². The van der Waals surface area contributed by atoms with Gasteiger partial charge in [-0.15, -0.1) is 11.3 Å². The van der Waals surface area contributed by atoms with Crippen LogP contribution >= 0.6 is 11.3 Å². The number of nitrogens with zero attached hydrogens (tertiary/aromatic N) is 2. The van der Waals surface area contributed by atoms with E-state index in [1.165, 1.54) is 29.7 Å². The number of likely N-dealkylation sites (N-methyl/N-ethyl adjacent to an activating group) is 1. The highest BCUT2D eigenvalue weighted by Gasteiger charge is 2.26. The van der Waals surface area contributed by atoms with Crippen LogP contribution in [-0.2, 0) is 17.6 Å². The predicted octanol–water partition coefficient (Wildman–Crippen LogP) is 3.24. The van der Waals surface area contributed by atoms with Crippen molar-refractivity contribution in [3.05, 3.63) is 51.7 Å². The number of nitrogens with one attached hydrogen (secondary N) is 1. The zero-order valence-corrected chi connectivity index (χ0v) is 16.2. The van der Waals surface area contributed by atoms with Gasteiger partial charge in [0, 0.05) is 30.7 Å². The first-order valence-electron chi connectivity index (χ1n) is 9.58. The van der Waals surface area contributed by atoms with Gasteiger partial charge >= 0.3 is 0 Å². The van der Waals surface area contributed by atoms with E-state index in [1.807, 2.05) is 17.5 Å². The molecule has 4 nitrogen and oxygen atoms in total. The Labute approximate surface area is 159 Å². The van der Waals surface area contributed by atoms with Gasteiger partial charge in [0.05, 0.1) is 12.5 Å². The third-order valence-corrected chi connectivity index (χ3v) is 6.48. The Morgan fingerprint density at radius 1 is 1.23 bits per heavy atom. The molecule has 2 aromatic rings. The van der Waals surface area contributed by atoms with Gasteiger partial charge < -0.3 is 10.2 Å². The van der Waals surface area contributed by atoms with E-state index in [-0.39, 0.29) is 11.9 Å². The molecule has 1 atom stereocenters. The number of hydrogen-bond donors (Lipinski definition) is 1. The topological polar surface area (TPSA) is 35.6 Å². The summed E-state index contributed by atoms with van der Waals surface area (Å²) in [5.41, 5.74) is 4.15. The molecule has 5 heteroatoms. The zero-order valence-electron chi connectivity index (χ0n) is 15.4. The molecule has 2 aliphatic heterocycles. The SMILES string of the molecule is CN1CCc2cc(C(CNC(=O)Cc3cccs3)N3CCCC3)ccc21. The normalized spacial score (nSPS) is 18.1. The van der Waals surface area contributed by atoms with Gasteiger partial charge in [-0.3, -0.25) is 9.69 Å². The number of anilines is 1. The summed E-state index contributed by atoms with van der Waals surface area (Å²) in [6, 6.07) is 11.2. The van der Waals surface area contributed by atoms with E-state index < -0.39 is 0 Å². The van der Waals surface area contributed by atoms with Crippen molar-refractivity contribution in [2.45, 2.75) is 31.7 Å². The molecular formula is C21H27N3OS. The number of carbonyl (C=O) groups is 1. The number of amides is 1. The average Bonchev–Trinajstić information content (AvgIpc) is 3.38. The number of likely N-dealkylation sites (tertiary alicyclic amines) is 1. The van der Waals surface area contributed by atoms with E-state index in [2.05, 4.69) is 40.4 Å². The fraction of sp³-hybridized carbons (Fsp3) is 0.476. The first-order valence-corrected chi connectivity index (χ1v) is 10.5. The minimum Gasteiger partial charge on any atom is -0.374 e. The Morgan fingerprint density at radius 3 is 2.85 bits per heavy atom. The maximum absolute atomic E-state index is 12.4. The van der Waals surface area contributed by atoms with Gasteiger partial charge in [0.15, 0.2) is 0 Å². The standard InChI is InChI=1S/C21H27N3OS/c1-23-11-8-17-13-16(6-7-19(17)23)20(24-9-2-3-10-24)15-22-21(25)14-18-5-4-12-26-18/h4-7,12-13,20H,2-3,8-11,14-15H2,1H3,(H,22,25). The van der Waals surface area contributed by atoms with Crippen molar-refractivity contribution in [1.29, 1.82) is 0 Å². The summed E-state index contributed by atoms with van der Waals surface area (Å²) in [5, 5.41) is 5.21. The third kappa shape index (κ3) is 3.79. The molecule has 1 amide bonds. The van der Waals surface area contributed by atoms with Crippen LogP contribution in [0.3, 0.4) is 0 Å². The molecule has 0 bridgehead atoms. The molecule has 1 aromatic heterocycles. The molecule has 2 aliphatic rings. The van der Waals surface area contributed by atoms with E-state index in [1.54, 1.807) is 11.3 Å². The summed E-state index contributed by atoms with van der Waals surface area (Å²) in [6.07, 6.45) is 4.12. The quantitative estimate of drug-likeness (QED) is 0.849. The lowest BCUT2D eigenvalue weighted by molar-refractivity contribution is -0.120. The second-order valence-corrected chi connectivity index (χ2v) is 8.41. The molecule has 0 saturated carbocycles. The first kappa shape index (κ1) is 17.6. The van der Waals surface area contributed by atoms with Crippen molar-refractivity contribution in [3.8, 4) is 0 Å². The van der Waals surface area contributed by atoms with Gasteiger partial charge in [0.2, 0.25) is 5.91 Å². The van der Waals surface area contributed by atoms with Crippen molar-refractivity contribution >= 4 is 22.9 Å². The van der Waals surface area contributed by atoms with E-state index in [0.717, 1.165) is 30.9 Å². The molecule has 1 aromatic carbocycles. The first-order chi connectivity index (χ1) is 12.7. The number of rotatable bonds is 6. The lowest BCUT2D eigenvalue weighted by Gasteiger charge is -2.29. The minimum absolute atomic E-state index is 0.123. The van der Waals surface area contributed by atoms with Crippen LogP contribution in [0.5, 0.6) is 0 Å². The van der Waals surface area contributed by atoms with Gasteiger partial charge in [-0.05, 0) is 61.0 Å². The maximum atomic E-state index is 12.4. The number of hydrogen-bond acceptors (Lipinski definition) is 4. The molecule has 0 radical (unpaired) electrons. The fourth-order valence-electron chi connectivity index (χ4n) is 4.15. The van der Waals surface area contributed by atoms with Gasteiger partial charge in [-0.2, -0.15) is 0 Å². The summed E-state index contributed by atoms with van der Waals surface area (Å²) >= 11 is 1.64. The van der Waals surface area contributed by atoms with E-state index >= 15 is 0 Å². The minimum atomic E-state index is 0.123. The van der Waals surface area contributed by atoms with Crippen molar-refractivity contribution in [2.24, 2.45) is 0 Å². The summed E-state index contributed by atoms with van der Waals surface area (Å²) < 4.78 is 0. The molecule has 1 saturated heterocycles. The van der Waals surface area contributed by atoms with Crippen LogP contribution in [0.2, 0.25) is 0 Å². The Bertz CT molecular complexity index is 753.